The van der Waals surface area contributed by atoms with Crippen LogP contribution < -0.4 is 25.5 Å². The standard InChI is InChI=1S/C24H27BrN4O6/c1-4-34-19-11-16(22-21(23(31)33-3)14(2)27-24(32)28-22)8-9-18(19)35-13-20(30)29-26-12-15-6-5-7-17(25)10-15/h5-12,20,22,29-30H,4,13H2,1-3H3,(H2,27,28,32)/b26-12-/t20-,22-/m1/s1. The van der Waals surface area contributed by atoms with Gasteiger partial charge in [-0.3, -0.25) is 5.43 Å². The van der Waals surface area contributed by atoms with Crippen LogP contribution in [0.5, 0.6) is 11.5 Å². The second-order valence-corrected chi connectivity index (χ2v) is 8.39. The lowest BCUT2D eigenvalue weighted by Crippen LogP contribution is -2.45. The zero-order valence-electron chi connectivity index (χ0n) is 19.5. The first-order valence-electron chi connectivity index (χ1n) is 10.8. The number of aliphatic hydroxyl groups excluding tert-OH is 1. The fourth-order valence-corrected chi connectivity index (χ4v) is 3.82. The van der Waals surface area contributed by atoms with Crippen molar-refractivity contribution in [1.82, 2.24) is 16.1 Å². The molecule has 0 aliphatic carbocycles. The van der Waals surface area contributed by atoms with Gasteiger partial charge in [0.25, 0.3) is 0 Å². The molecule has 1 aliphatic heterocycles. The number of halogens is 1. The highest BCUT2D eigenvalue weighted by Crippen LogP contribution is 2.34. The topological polar surface area (TPSA) is 131 Å². The van der Waals surface area contributed by atoms with Crippen molar-refractivity contribution < 1.29 is 28.9 Å². The zero-order chi connectivity index (χ0) is 25.4. The quantitative estimate of drug-likeness (QED) is 0.156. The Kier molecular flexibility index (Phi) is 9.10. The van der Waals surface area contributed by atoms with Crippen LogP contribution in [0, 0.1) is 0 Å². The largest absolute Gasteiger partial charge is 0.490 e. The smallest absolute Gasteiger partial charge is 0.337 e. The summed E-state index contributed by atoms with van der Waals surface area (Å²) < 4.78 is 17.2. The minimum atomic E-state index is -1.08. The van der Waals surface area contributed by atoms with Crippen LogP contribution in [0.25, 0.3) is 0 Å². The first-order chi connectivity index (χ1) is 16.8. The van der Waals surface area contributed by atoms with Gasteiger partial charge in [-0.05, 0) is 49.2 Å². The third-order valence-electron chi connectivity index (χ3n) is 4.96. The normalized spacial score (nSPS) is 16.4. The van der Waals surface area contributed by atoms with Crippen LogP contribution in [-0.4, -0.2) is 49.9 Å². The van der Waals surface area contributed by atoms with Crippen LogP contribution in [0.15, 0.2) is 63.3 Å². The van der Waals surface area contributed by atoms with E-state index >= 15 is 0 Å². The molecule has 3 rings (SSSR count). The van der Waals surface area contributed by atoms with Crippen molar-refractivity contribution in [2.45, 2.75) is 26.1 Å². The number of hydrogen-bond donors (Lipinski definition) is 4. The molecule has 2 aromatic carbocycles. The van der Waals surface area contributed by atoms with E-state index in [1.54, 1.807) is 31.3 Å². The summed E-state index contributed by atoms with van der Waals surface area (Å²) in [5.74, 6) is 0.216. The van der Waals surface area contributed by atoms with Crippen molar-refractivity contribution in [3.8, 4) is 11.5 Å². The van der Waals surface area contributed by atoms with Gasteiger partial charge in [0.05, 0.1) is 31.5 Å². The molecule has 0 radical (unpaired) electrons. The Morgan fingerprint density at radius 1 is 1.26 bits per heavy atom. The van der Waals surface area contributed by atoms with Crippen molar-refractivity contribution in [3.63, 3.8) is 0 Å². The highest BCUT2D eigenvalue weighted by Gasteiger charge is 2.32. The highest BCUT2D eigenvalue weighted by atomic mass is 79.9. The second-order valence-electron chi connectivity index (χ2n) is 7.47. The number of aliphatic hydroxyl groups is 1. The number of esters is 1. The Labute approximate surface area is 211 Å². The Balaban J connectivity index is 1.71. The molecule has 35 heavy (non-hydrogen) atoms. The van der Waals surface area contributed by atoms with Gasteiger partial charge in [-0.25, -0.2) is 9.59 Å². The maximum Gasteiger partial charge on any atom is 0.337 e. The van der Waals surface area contributed by atoms with Crippen LogP contribution >= 0.6 is 15.9 Å². The molecule has 0 saturated heterocycles. The van der Waals surface area contributed by atoms with Crippen LogP contribution in [0.3, 0.4) is 0 Å². The predicted molar refractivity (Wildman–Crippen MR) is 133 cm³/mol. The molecule has 0 fully saturated rings. The summed E-state index contributed by atoms with van der Waals surface area (Å²) in [6.07, 6.45) is 0.503. The predicted octanol–water partition coefficient (Wildman–Crippen LogP) is 2.97. The molecule has 2 atom stereocenters. The van der Waals surface area contributed by atoms with Gasteiger partial charge in [0.1, 0.15) is 6.61 Å². The minimum Gasteiger partial charge on any atom is -0.490 e. The lowest BCUT2D eigenvalue weighted by atomic mass is 9.95. The van der Waals surface area contributed by atoms with Gasteiger partial charge < -0.3 is 30.0 Å². The molecule has 10 nitrogen and oxygen atoms in total. The van der Waals surface area contributed by atoms with Crippen LogP contribution in [0.2, 0.25) is 0 Å². The minimum absolute atomic E-state index is 0.105. The monoisotopic (exact) mass is 546 g/mol. The maximum absolute atomic E-state index is 12.3. The molecular formula is C24H27BrN4O6. The van der Waals surface area contributed by atoms with Crippen LogP contribution in [0.4, 0.5) is 4.79 Å². The van der Waals surface area contributed by atoms with E-state index in [4.69, 9.17) is 14.2 Å². The van der Waals surface area contributed by atoms with E-state index in [0.717, 1.165) is 10.0 Å². The molecule has 0 unspecified atom stereocenters. The van der Waals surface area contributed by atoms with Crippen molar-refractivity contribution in [2.75, 3.05) is 20.3 Å². The average Bonchev–Trinajstić information content (AvgIpc) is 2.82. The molecule has 4 N–H and O–H groups in total. The summed E-state index contributed by atoms with van der Waals surface area (Å²) in [6, 6.07) is 11.4. The summed E-state index contributed by atoms with van der Waals surface area (Å²) in [7, 11) is 1.28. The first-order valence-corrected chi connectivity index (χ1v) is 11.6. The van der Waals surface area contributed by atoms with Crippen LogP contribution in [-0.2, 0) is 9.53 Å². The number of nitrogens with zero attached hydrogens (tertiary/aromatic N) is 1. The number of ether oxygens (including phenoxy) is 3. The molecule has 2 aromatic rings. The number of amides is 2. The number of benzene rings is 2. The number of rotatable bonds is 10. The van der Waals surface area contributed by atoms with Crippen molar-refractivity contribution >= 4 is 34.1 Å². The molecular weight excluding hydrogens is 520 g/mol. The molecule has 1 heterocycles. The van der Waals surface area contributed by atoms with Gasteiger partial charge in [0.15, 0.2) is 17.7 Å². The molecule has 0 aromatic heterocycles. The zero-order valence-corrected chi connectivity index (χ0v) is 21.1. The van der Waals surface area contributed by atoms with E-state index in [2.05, 4.69) is 37.1 Å². The lowest BCUT2D eigenvalue weighted by Gasteiger charge is -2.28. The summed E-state index contributed by atoms with van der Waals surface area (Å²) in [4.78, 5) is 24.4. The average molecular weight is 547 g/mol. The summed E-state index contributed by atoms with van der Waals surface area (Å²) >= 11 is 3.39. The third-order valence-corrected chi connectivity index (χ3v) is 5.45. The molecule has 0 saturated carbocycles. The Morgan fingerprint density at radius 2 is 2.06 bits per heavy atom. The van der Waals surface area contributed by atoms with E-state index < -0.39 is 24.3 Å². The maximum atomic E-state index is 12.3. The van der Waals surface area contributed by atoms with Gasteiger partial charge in [0, 0.05) is 10.2 Å². The van der Waals surface area contributed by atoms with E-state index in [-0.39, 0.29) is 12.2 Å². The van der Waals surface area contributed by atoms with Gasteiger partial charge in [-0.1, -0.05) is 34.1 Å². The first kappa shape index (κ1) is 26.0. The fourth-order valence-electron chi connectivity index (χ4n) is 3.41. The number of allylic oxidation sites excluding steroid dienone is 1. The van der Waals surface area contributed by atoms with E-state index in [0.29, 0.717) is 29.4 Å². The summed E-state index contributed by atoms with van der Waals surface area (Å²) in [5.41, 5.74) is 4.75. The Bertz CT molecular complexity index is 1140. The Hall–Kier alpha value is -3.57. The van der Waals surface area contributed by atoms with E-state index in [1.165, 1.54) is 7.11 Å². The lowest BCUT2D eigenvalue weighted by molar-refractivity contribution is -0.136. The molecule has 11 heteroatoms. The van der Waals surface area contributed by atoms with E-state index in [9.17, 15) is 14.7 Å². The Morgan fingerprint density at radius 3 is 2.77 bits per heavy atom. The number of nitrogens with one attached hydrogen (secondary N) is 3. The number of hydrogen-bond acceptors (Lipinski definition) is 8. The third kappa shape index (κ3) is 6.96. The van der Waals surface area contributed by atoms with Gasteiger partial charge in [-0.2, -0.15) is 5.10 Å². The number of hydrazone groups is 1. The van der Waals surface area contributed by atoms with Gasteiger partial charge in [0.2, 0.25) is 0 Å². The molecule has 2 amide bonds. The highest BCUT2D eigenvalue weighted by molar-refractivity contribution is 9.10. The van der Waals surface area contributed by atoms with Crippen LogP contribution in [0.1, 0.15) is 31.0 Å². The van der Waals surface area contributed by atoms with Gasteiger partial charge >= 0.3 is 12.0 Å². The fraction of sp³-hybridized carbons (Fsp3) is 0.292. The molecule has 1 aliphatic rings. The molecule has 186 valence electrons. The molecule has 0 bridgehead atoms. The molecule has 0 spiro atoms. The van der Waals surface area contributed by atoms with Crippen molar-refractivity contribution in [1.29, 1.82) is 0 Å². The number of carbonyl (C=O) groups is 2. The second kappa shape index (κ2) is 12.2. The van der Waals surface area contributed by atoms with E-state index in [1.807, 2.05) is 31.2 Å². The van der Waals surface area contributed by atoms with Crippen molar-refractivity contribution in [3.05, 3.63) is 69.3 Å². The number of carbonyl (C=O) groups excluding carboxylic acids is 2. The number of urea groups is 1. The SMILES string of the molecule is CCOc1cc([C@H]2NC(=O)NC(C)=C2C(=O)OC)ccc1OC[C@@H](O)N/N=C\c1cccc(Br)c1. The summed E-state index contributed by atoms with van der Waals surface area (Å²) in [6.45, 7) is 3.70. The number of methoxy groups -OCH3 is 1. The summed E-state index contributed by atoms with van der Waals surface area (Å²) in [5, 5.41) is 19.5. The van der Waals surface area contributed by atoms with Gasteiger partial charge in [-0.15, -0.1) is 0 Å². The van der Waals surface area contributed by atoms with Crippen molar-refractivity contribution in [2.24, 2.45) is 5.10 Å².